The number of carbonyl (C=O) groups is 1. The van der Waals surface area contributed by atoms with Gasteiger partial charge in [0.15, 0.2) is 0 Å². The fourth-order valence-electron chi connectivity index (χ4n) is 4.13. The number of fused-ring (bicyclic) bond motifs is 4. The lowest BCUT2D eigenvalue weighted by Crippen LogP contribution is -2.42. The summed E-state index contributed by atoms with van der Waals surface area (Å²) in [5, 5.41) is 17.4. The second-order valence-electron chi connectivity index (χ2n) is 6.72. The van der Waals surface area contributed by atoms with Gasteiger partial charge in [-0.05, 0) is 25.1 Å². The van der Waals surface area contributed by atoms with Crippen LogP contribution in [0.15, 0.2) is 66.1 Å². The maximum atomic E-state index is 13.3. The van der Waals surface area contributed by atoms with Crippen LogP contribution in [0.3, 0.4) is 0 Å². The molecule has 0 saturated heterocycles. The van der Waals surface area contributed by atoms with Gasteiger partial charge in [0.1, 0.15) is 17.1 Å². The van der Waals surface area contributed by atoms with Crippen molar-refractivity contribution in [3.63, 3.8) is 0 Å². The van der Waals surface area contributed by atoms with Crippen LogP contribution in [0.5, 0.6) is 5.88 Å². The van der Waals surface area contributed by atoms with E-state index in [1.165, 1.54) is 0 Å². The number of aromatic nitrogens is 2. The number of ether oxygens (including phenoxy) is 1. The number of nitrogens with one attached hydrogen (secondary N) is 1. The number of anilines is 1. The summed E-state index contributed by atoms with van der Waals surface area (Å²) < 4.78 is 7.46. The van der Waals surface area contributed by atoms with Gasteiger partial charge in [-0.2, -0.15) is 10.4 Å². The summed E-state index contributed by atoms with van der Waals surface area (Å²) in [6.45, 7) is 1.80. The molecule has 3 heterocycles. The molecule has 1 amide bonds. The molecule has 0 saturated carbocycles. The van der Waals surface area contributed by atoms with Gasteiger partial charge in [-0.15, -0.1) is 0 Å². The number of benzene rings is 2. The second kappa shape index (κ2) is 5.47. The predicted octanol–water partition coefficient (Wildman–Crippen LogP) is 2.51. The highest BCUT2D eigenvalue weighted by atomic mass is 16.5. The topological polar surface area (TPSA) is 106 Å². The van der Waals surface area contributed by atoms with Crippen LogP contribution in [-0.4, -0.2) is 15.7 Å². The SMILES string of the molecule is Cc1nn(-c2ccccc2)c2c1[C@]1(C(=O)Nc3ccccc31)C(C#N)=C(N)O2. The number of carbonyl (C=O) groups excluding carboxylic acids is 1. The van der Waals surface area contributed by atoms with Crippen LogP contribution in [0, 0.1) is 18.3 Å². The van der Waals surface area contributed by atoms with Crippen molar-refractivity contribution in [2.45, 2.75) is 12.3 Å². The van der Waals surface area contributed by atoms with Crippen molar-refractivity contribution in [2.75, 3.05) is 5.32 Å². The van der Waals surface area contributed by atoms with E-state index < -0.39 is 5.41 Å². The molecule has 1 aromatic heterocycles. The number of rotatable bonds is 1. The summed E-state index contributed by atoms with van der Waals surface area (Å²) >= 11 is 0. The van der Waals surface area contributed by atoms with E-state index in [0.717, 1.165) is 5.69 Å². The monoisotopic (exact) mass is 369 g/mol. The number of amides is 1. The highest BCUT2D eigenvalue weighted by molar-refractivity contribution is 6.12. The van der Waals surface area contributed by atoms with E-state index in [0.29, 0.717) is 28.4 Å². The normalized spacial score (nSPS) is 19.6. The molecule has 2 aliphatic rings. The van der Waals surface area contributed by atoms with Gasteiger partial charge in [0.2, 0.25) is 17.7 Å². The van der Waals surface area contributed by atoms with Crippen LogP contribution in [0.25, 0.3) is 5.69 Å². The molecular formula is C21H15N5O2. The first kappa shape index (κ1) is 16.1. The fraction of sp³-hybridized carbons (Fsp3) is 0.0952. The Hall–Kier alpha value is -4.05. The molecule has 5 rings (SSSR count). The zero-order valence-corrected chi connectivity index (χ0v) is 14.9. The van der Waals surface area contributed by atoms with Crippen molar-refractivity contribution in [3.05, 3.63) is 82.9 Å². The van der Waals surface area contributed by atoms with Gasteiger partial charge in [0.05, 0.1) is 16.9 Å². The average molecular weight is 369 g/mol. The van der Waals surface area contributed by atoms with Crippen LogP contribution in [-0.2, 0) is 10.2 Å². The van der Waals surface area contributed by atoms with Gasteiger partial charge in [-0.1, -0.05) is 36.4 Å². The number of hydrogen-bond acceptors (Lipinski definition) is 5. The minimum Gasteiger partial charge on any atom is -0.422 e. The van der Waals surface area contributed by atoms with Gasteiger partial charge in [-0.25, -0.2) is 4.68 Å². The quantitative estimate of drug-likeness (QED) is 0.685. The molecule has 3 aromatic rings. The van der Waals surface area contributed by atoms with Gasteiger partial charge in [0, 0.05) is 11.3 Å². The van der Waals surface area contributed by atoms with Crippen molar-refractivity contribution < 1.29 is 9.53 Å². The first-order valence-electron chi connectivity index (χ1n) is 8.73. The Labute approximate surface area is 160 Å². The molecule has 2 aromatic carbocycles. The smallest absolute Gasteiger partial charge is 0.245 e. The number of nitrogens with two attached hydrogens (primary N) is 1. The zero-order chi connectivity index (χ0) is 19.5. The third-order valence-electron chi connectivity index (χ3n) is 5.25. The minimum atomic E-state index is -1.39. The van der Waals surface area contributed by atoms with Crippen LogP contribution in [0.2, 0.25) is 0 Å². The molecule has 2 aliphatic heterocycles. The van der Waals surface area contributed by atoms with Crippen LogP contribution in [0.1, 0.15) is 16.8 Å². The number of hydrogen-bond donors (Lipinski definition) is 2. The van der Waals surface area contributed by atoms with Crippen molar-refractivity contribution >= 4 is 11.6 Å². The lowest BCUT2D eigenvalue weighted by molar-refractivity contribution is -0.118. The van der Waals surface area contributed by atoms with E-state index >= 15 is 0 Å². The van der Waals surface area contributed by atoms with Gasteiger partial charge < -0.3 is 15.8 Å². The Morgan fingerprint density at radius 1 is 1.18 bits per heavy atom. The molecule has 0 aliphatic carbocycles. The van der Waals surface area contributed by atoms with Crippen molar-refractivity contribution in [2.24, 2.45) is 5.73 Å². The largest absolute Gasteiger partial charge is 0.422 e. The molecule has 7 heteroatoms. The molecule has 0 radical (unpaired) electrons. The van der Waals surface area contributed by atoms with Crippen LogP contribution >= 0.6 is 0 Å². The highest BCUT2D eigenvalue weighted by Gasteiger charge is 2.58. The van der Waals surface area contributed by atoms with Gasteiger partial charge in [-0.3, -0.25) is 4.79 Å². The molecular weight excluding hydrogens is 354 g/mol. The number of para-hydroxylation sites is 2. The Kier molecular flexibility index (Phi) is 3.16. The summed E-state index contributed by atoms with van der Waals surface area (Å²) in [5.74, 6) is -0.0977. The van der Waals surface area contributed by atoms with Crippen molar-refractivity contribution in [3.8, 4) is 17.6 Å². The first-order chi connectivity index (χ1) is 13.6. The lowest BCUT2D eigenvalue weighted by Gasteiger charge is -2.32. The van der Waals surface area contributed by atoms with E-state index in [4.69, 9.17) is 10.5 Å². The summed E-state index contributed by atoms with van der Waals surface area (Å²) in [6, 6.07) is 18.8. The maximum absolute atomic E-state index is 13.3. The van der Waals surface area contributed by atoms with E-state index in [1.807, 2.05) is 48.5 Å². The molecule has 3 N–H and O–H groups in total. The molecule has 0 fully saturated rings. The molecule has 136 valence electrons. The van der Waals surface area contributed by atoms with E-state index in [2.05, 4.69) is 16.5 Å². The van der Waals surface area contributed by atoms with E-state index in [9.17, 15) is 10.1 Å². The summed E-state index contributed by atoms with van der Waals surface area (Å²) in [7, 11) is 0. The number of nitrogens with zero attached hydrogens (tertiary/aromatic N) is 3. The minimum absolute atomic E-state index is 0.0677. The molecule has 7 nitrogen and oxygen atoms in total. The average Bonchev–Trinajstić information content (AvgIpc) is 3.18. The molecule has 0 bridgehead atoms. The summed E-state index contributed by atoms with van der Waals surface area (Å²) in [5.41, 5.74) is 8.03. The predicted molar refractivity (Wildman–Crippen MR) is 102 cm³/mol. The fourth-order valence-corrected chi connectivity index (χ4v) is 4.13. The summed E-state index contributed by atoms with van der Waals surface area (Å²) in [4.78, 5) is 13.3. The van der Waals surface area contributed by atoms with Gasteiger partial charge >= 0.3 is 0 Å². The lowest BCUT2D eigenvalue weighted by atomic mass is 9.69. The highest BCUT2D eigenvalue weighted by Crippen LogP contribution is 2.54. The molecule has 1 spiro atoms. The number of aryl methyl sites for hydroxylation is 1. The molecule has 28 heavy (non-hydrogen) atoms. The Balaban J connectivity index is 1.90. The standard InChI is InChI=1S/C21H15N5O2/c1-12-17-19(26(25-12)13-7-3-2-4-8-13)28-18(23)15(11-22)21(17)14-9-5-6-10-16(14)24-20(21)27/h2-10H,23H2,1H3,(H,24,27)/t21-/m1/s1. The van der Waals surface area contributed by atoms with E-state index in [-0.39, 0.29) is 17.4 Å². The number of nitriles is 1. The van der Waals surface area contributed by atoms with Gasteiger partial charge in [0.25, 0.3) is 0 Å². The zero-order valence-electron chi connectivity index (χ0n) is 14.9. The van der Waals surface area contributed by atoms with Crippen LogP contribution < -0.4 is 15.8 Å². The van der Waals surface area contributed by atoms with E-state index in [1.54, 1.807) is 17.7 Å². The first-order valence-corrected chi connectivity index (χ1v) is 8.73. The van der Waals surface area contributed by atoms with Crippen molar-refractivity contribution in [1.29, 1.82) is 5.26 Å². The second-order valence-corrected chi connectivity index (χ2v) is 6.72. The Morgan fingerprint density at radius 3 is 2.64 bits per heavy atom. The summed E-state index contributed by atoms with van der Waals surface area (Å²) in [6.07, 6.45) is 0. The Bertz CT molecular complexity index is 1220. The maximum Gasteiger partial charge on any atom is 0.245 e. The third kappa shape index (κ3) is 1.81. The third-order valence-corrected chi connectivity index (χ3v) is 5.25. The molecule has 0 unspecified atom stereocenters. The van der Waals surface area contributed by atoms with Crippen molar-refractivity contribution in [1.82, 2.24) is 9.78 Å². The van der Waals surface area contributed by atoms with Crippen LogP contribution in [0.4, 0.5) is 5.69 Å². The molecule has 1 atom stereocenters. The Morgan fingerprint density at radius 2 is 1.89 bits per heavy atom.